The molecule has 5 heteroatoms. The molecule has 0 aromatic carbocycles. The van der Waals surface area contributed by atoms with Gasteiger partial charge >= 0.3 is 0 Å². The van der Waals surface area contributed by atoms with Gasteiger partial charge in [0.15, 0.2) is 0 Å². The molecule has 0 bridgehead atoms. The summed E-state index contributed by atoms with van der Waals surface area (Å²) in [7, 11) is 0. The van der Waals surface area contributed by atoms with Gasteiger partial charge in [-0.3, -0.25) is 0 Å². The summed E-state index contributed by atoms with van der Waals surface area (Å²) in [6, 6.07) is 0. The zero-order valence-corrected chi connectivity index (χ0v) is 8.02. The van der Waals surface area contributed by atoms with Gasteiger partial charge in [0.25, 0.3) is 0 Å². The van der Waals surface area contributed by atoms with Crippen LogP contribution in [-0.2, 0) is 0 Å². The molecule has 0 aliphatic heterocycles. The lowest BCUT2D eigenvalue weighted by Crippen LogP contribution is -2.11. The van der Waals surface area contributed by atoms with Gasteiger partial charge in [-0.05, 0) is 18.5 Å². The highest BCUT2D eigenvalue weighted by Crippen LogP contribution is 1.99. The van der Waals surface area contributed by atoms with Gasteiger partial charge in [-0.15, -0.1) is 0 Å². The first kappa shape index (κ1) is 10.7. The van der Waals surface area contributed by atoms with Crippen LogP contribution in [0.2, 0.25) is 0 Å². The predicted molar refractivity (Wildman–Crippen MR) is 50.5 cm³/mol. The van der Waals surface area contributed by atoms with E-state index < -0.39 is 0 Å². The monoisotopic (exact) mass is 195 g/mol. The number of hydrogen-bond acceptors (Lipinski definition) is 1. The van der Waals surface area contributed by atoms with Crippen molar-refractivity contribution in [3.8, 4) is 0 Å². The van der Waals surface area contributed by atoms with E-state index in [1.165, 1.54) is 0 Å². The van der Waals surface area contributed by atoms with E-state index in [0.717, 1.165) is 0 Å². The van der Waals surface area contributed by atoms with Crippen LogP contribution in [0.5, 0.6) is 0 Å². The number of nitrogens with zero attached hydrogens (tertiary/aromatic N) is 2. The van der Waals surface area contributed by atoms with Crippen molar-refractivity contribution in [2.75, 3.05) is 0 Å². The van der Waals surface area contributed by atoms with Crippen molar-refractivity contribution in [3.63, 3.8) is 0 Å². The summed E-state index contributed by atoms with van der Waals surface area (Å²) in [5, 5.41) is 0.104. The van der Waals surface area contributed by atoms with E-state index >= 15 is 0 Å². The Balaban J connectivity index is 4.15. The molecule has 64 valence electrons. The van der Waals surface area contributed by atoms with Crippen LogP contribution in [0.15, 0.2) is 9.98 Å². The maximum Gasteiger partial charge on any atom is 0.220 e. The molecule has 0 aromatic heterocycles. The lowest BCUT2D eigenvalue weighted by molar-refractivity contribution is 1.03. The smallest absolute Gasteiger partial charge is 0.220 e. The van der Waals surface area contributed by atoms with Crippen LogP contribution in [0, 0.1) is 0 Å². The zero-order chi connectivity index (χ0) is 8.85. The maximum atomic E-state index is 5.55. The number of aliphatic imine (C=N–C) groups is 2. The van der Waals surface area contributed by atoms with E-state index in [1.54, 1.807) is 6.92 Å². The van der Waals surface area contributed by atoms with E-state index in [1.807, 2.05) is 6.92 Å². The van der Waals surface area contributed by atoms with Crippen LogP contribution in [0.3, 0.4) is 0 Å². The summed E-state index contributed by atoms with van der Waals surface area (Å²) in [4.78, 5) is 7.51. The Labute approximate surface area is 76.3 Å². The van der Waals surface area contributed by atoms with Gasteiger partial charge in [0.2, 0.25) is 5.29 Å². The molecule has 0 saturated heterocycles. The van der Waals surface area contributed by atoms with E-state index in [9.17, 15) is 0 Å². The quantitative estimate of drug-likeness (QED) is 0.312. The minimum atomic E-state index is -0.365. The first-order chi connectivity index (χ1) is 5.06. The fourth-order valence-corrected chi connectivity index (χ4v) is 0.771. The molecule has 0 heterocycles. The van der Waals surface area contributed by atoms with Gasteiger partial charge in [0.1, 0.15) is 11.3 Å². The molecule has 1 atom stereocenters. The van der Waals surface area contributed by atoms with Gasteiger partial charge in [-0.1, -0.05) is 18.5 Å². The van der Waals surface area contributed by atoms with E-state index in [0.29, 0.717) is 12.3 Å². The van der Waals surface area contributed by atoms with Gasteiger partial charge in [0, 0.05) is 6.42 Å². The maximum absolute atomic E-state index is 5.55. The van der Waals surface area contributed by atoms with Crippen molar-refractivity contribution < 1.29 is 0 Å². The minimum absolute atomic E-state index is 0.104. The molecule has 0 aliphatic carbocycles. The van der Waals surface area contributed by atoms with Gasteiger partial charge in [0.05, 0.1) is 0 Å². The largest absolute Gasteiger partial charge is 0.387 e. The molecule has 0 rings (SSSR count). The average molecular weight is 196 g/mol. The Morgan fingerprint density at radius 2 is 2.18 bits per heavy atom. The minimum Gasteiger partial charge on any atom is -0.387 e. The van der Waals surface area contributed by atoms with Gasteiger partial charge in [-0.25, -0.2) is 9.98 Å². The average Bonchev–Trinajstić information content (AvgIpc) is 1.85. The first-order valence-corrected chi connectivity index (χ1v) is 4.08. The summed E-state index contributed by atoms with van der Waals surface area (Å²) in [6.45, 7) is 3.58. The van der Waals surface area contributed by atoms with Crippen molar-refractivity contribution in [2.24, 2.45) is 15.7 Å². The van der Waals surface area contributed by atoms with Gasteiger partial charge < -0.3 is 5.73 Å². The Morgan fingerprint density at radius 3 is 2.55 bits per heavy atom. The van der Waals surface area contributed by atoms with Crippen LogP contribution in [-0.4, -0.2) is 16.6 Å². The third-order valence-corrected chi connectivity index (χ3v) is 1.16. The first-order valence-electron chi connectivity index (χ1n) is 3.26. The molecule has 0 amide bonds. The van der Waals surface area contributed by atoms with Crippen LogP contribution in [0.4, 0.5) is 0 Å². The molecule has 0 aliphatic rings. The number of hydrogen-bond donors (Lipinski definition) is 1. The fourth-order valence-electron chi connectivity index (χ4n) is 0.373. The Kier molecular flexibility index (Phi) is 5.24. The van der Waals surface area contributed by atoms with Crippen molar-refractivity contribution in [2.45, 2.75) is 25.8 Å². The molecule has 3 nitrogen and oxygen atoms in total. The number of nitrogens with two attached hydrogens (primary N) is 1. The second-order valence-electron chi connectivity index (χ2n) is 1.93. The molecule has 0 spiro atoms. The van der Waals surface area contributed by atoms with Crippen molar-refractivity contribution in [1.82, 2.24) is 0 Å². The van der Waals surface area contributed by atoms with E-state index in [2.05, 4.69) is 9.98 Å². The Hall–Kier alpha value is -0.280. The molecular formula is C6H11Cl2N3. The van der Waals surface area contributed by atoms with Crippen molar-refractivity contribution >= 4 is 34.3 Å². The van der Waals surface area contributed by atoms with E-state index in [-0.39, 0.29) is 10.8 Å². The summed E-state index contributed by atoms with van der Waals surface area (Å²) >= 11 is 11.1. The van der Waals surface area contributed by atoms with E-state index in [4.69, 9.17) is 28.9 Å². The molecule has 0 saturated carbocycles. The number of amidine groups is 2. The highest BCUT2D eigenvalue weighted by atomic mass is 35.5. The van der Waals surface area contributed by atoms with Crippen LogP contribution < -0.4 is 5.73 Å². The number of halogens is 2. The van der Waals surface area contributed by atoms with Crippen molar-refractivity contribution in [3.05, 3.63) is 0 Å². The summed E-state index contributed by atoms with van der Waals surface area (Å²) in [5.74, 6) is 0.455. The standard InChI is InChI=1S/C6H11Cl2N3/c1-3-5(9)11-6(8)10-4(2)7/h4H,3H2,1-2H3,(H2,9,10,11). The summed E-state index contributed by atoms with van der Waals surface area (Å²) < 4.78 is 0. The molecule has 2 N–H and O–H groups in total. The van der Waals surface area contributed by atoms with Crippen LogP contribution in [0.25, 0.3) is 0 Å². The molecule has 0 aromatic rings. The second-order valence-corrected chi connectivity index (χ2v) is 2.90. The topological polar surface area (TPSA) is 50.7 Å². The third-order valence-electron chi connectivity index (χ3n) is 0.883. The van der Waals surface area contributed by atoms with Crippen LogP contribution >= 0.6 is 23.2 Å². The molecule has 1 unspecified atom stereocenters. The van der Waals surface area contributed by atoms with Crippen LogP contribution in [0.1, 0.15) is 20.3 Å². The highest BCUT2D eigenvalue weighted by molar-refractivity contribution is 6.65. The second kappa shape index (κ2) is 5.38. The number of rotatable bonds is 2. The van der Waals surface area contributed by atoms with Crippen molar-refractivity contribution in [1.29, 1.82) is 0 Å². The lowest BCUT2D eigenvalue weighted by atomic mass is 10.5. The molecule has 0 fully saturated rings. The van der Waals surface area contributed by atoms with Gasteiger partial charge in [-0.2, -0.15) is 0 Å². The zero-order valence-electron chi connectivity index (χ0n) is 6.51. The SMILES string of the molecule is CCC(N)=NC(Cl)=NC(C)Cl. The summed E-state index contributed by atoms with van der Waals surface area (Å²) in [5.41, 5.74) is 5.03. The number of alkyl halides is 1. The lowest BCUT2D eigenvalue weighted by Gasteiger charge is -1.95. The highest BCUT2D eigenvalue weighted by Gasteiger charge is 1.95. The third kappa shape index (κ3) is 6.13. The molecule has 11 heavy (non-hydrogen) atoms. The molecular weight excluding hydrogens is 185 g/mol. The Morgan fingerprint density at radius 1 is 1.64 bits per heavy atom. The molecule has 0 radical (unpaired) electrons. The normalized spacial score (nSPS) is 16.7. The Bertz CT molecular complexity index is 175. The predicted octanol–water partition coefficient (Wildman–Crippen LogP) is 1.93. The summed E-state index contributed by atoms with van der Waals surface area (Å²) in [6.07, 6.45) is 0.655. The fraction of sp³-hybridized carbons (Fsp3) is 0.667.